The van der Waals surface area contributed by atoms with Crippen LogP contribution < -0.4 is 5.32 Å². The van der Waals surface area contributed by atoms with E-state index in [9.17, 15) is 9.59 Å². The van der Waals surface area contributed by atoms with Crippen molar-refractivity contribution in [1.29, 1.82) is 0 Å². The summed E-state index contributed by atoms with van der Waals surface area (Å²) in [4.78, 5) is 20.9. The highest BCUT2D eigenvalue weighted by atomic mass is 16.5. The fourth-order valence-corrected chi connectivity index (χ4v) is 0.809. The van der Waals surface area contributed by atoms with Crippen LogP contribution in [0.1, 0.15) is 20.3 Å². The van der Waals surface area contributed by atoms with E-state index in [1.807, 2.05) is 13.8 Å². The Bertz CT molecular complexity index is 156. The van der Waals surface area contributed by atoms with Crippen LogP contribution in [0.15, 0.2) is 0 Å². The second-order valence-corrected chi connectivity index (χ2v) is 2.94. The van der Waals surface area contributed by atoms with E-state index in [-0.39, 0.29) is 0 Å². The molecule has 0 fully saturated rings. The van der Waals surface area contributed by atoms with Gasteiger partial charge in [0.1, 0.15) is 0 Å². The third kappa shape index (κ3) is 4.71. The Kier molecular flexibility index (Phi) is 5.08. The third-order valence-electron chi connectivity index (χ3n) is 1.33. The molecule has 1 N–H and O–H groups in total. The normalized spacial score (nSPS) is 12.3. The van der Waals surface area contributed by atoms with Gasteiger partial charge in [-0.1, -0.05) is 13.8 Å². The van der Waals surface area contributed by atoms with Gasteiger partial charge in [-0.2, -0.15) is 0 Å². The van der Waals surface area contributed by atoms with Gasteiger partial charge in [-0.15, -0.1) is 0 Å². The summed E-state index contributed by atoms with van der Waals surface area (Å²) in [5.41, 5.74) is 0. The summed E-state index contributed by atoms with van der Waals surface area (Å²) in [6, 6.07) is -0.558. The first kappa shape index (κ1) is 10.9. The van der Waals surface area contributed by atoms with E-state index in [1.165, 1.54) is 7.11 Å². The first-order valence-electron chi connectivity index (χ1n) is 3.82. The van der Waals surface area contributed by atoms with Crippen LogP contribution in [-0.4, -0.2) is 25.5 Å². The average Bonchev–Trinajstić information content (AvgIpc) is 2.02. The molecule has 12 heavy (non-hydrogen) atoms. The minimum absolute atomic E-state index is 0.341. The van der Waals surface area contributed by atoms with Crippen molar-refractivity contribution >= 4 is 12.4 Å². The molecule has 4 nitrogen and oxygen atoms in total. The van der Waals surface area contributed by atoms with Crippen molar-refractivity contribution in [3.05, 3.63) is 0 Å². The maximum absolute atomic E-state index is 10.7. The van der Waals surface area contributed by atoms with Crippen LogP contribution >= 0.6 is 0 Å². The second-order valence-electron chi connectivity index (χ2n) is 2.94. The molecule has 0 unspecified atom stereocenters. The average molecular weight is 172 g/mol. The predicted octanol–water partition coefficient (Wildman–Crippen LogP) is 0.867. The van der Waals surface area contributed by atoms with Crippen molar-refractivity contribution < 1.29 is 14.3 Å². The number of carbonyl (C=O) groups excluding carboxylic acids is 2. The van der Waals surface area contributed by atoms with Crippen molar-refractivity contribution in [1.82, 2.24) is 5.32 Å². The maximum atomic E-state index is 10.7. The van der Waals surface area contributed by atoms with Gasteiger partial charge >= 0.3 is 6.09 Å². The van der Waals surface area contributed by atoms with E-state index < -0.39 is 12.1 Å². The van der Waals surface area contributed by atoms with Crippen LogP contribution in [-0.2, 0) is 9.53 Å². The predicted molar refractivity (Wildman–Crippen MR) is 44.5 cm³/mol. The van der Waals surface area contributed by atoms with Crippen LogP contribution in [0.3, 0.4) is 0 Å². The fourth-order valence-electron chi connectivity index (χ4n) is 0.809. The monoisotopic (exact) mass is 172 g/mol. The topological polar surface area (TPSA) is 55.4 Å². The van der Waals surface area contributed by atoms with Gasteiger partial charge in [0, 0.05) is 0 Å². The first-order valence-corrected chi connectivity index (χ1v) is 3.82. The zero-order chi connectivity index (χ0) is 9.56. The lowest BCUT2D eigenvalue weighted by atomic mass is 10.1. The highest BCUT2D eigenvalue weighted by Crippen LogP contribution is 2.02. The van der Waals surface area contributed by atoms with E-state index in [4.69, 9.17) is 0 Å². The van der Waals surface area contributed by atoms with Gasteiger partial charge in [0.05, 0.1) is 13.2 Å². The minimum Gasteiger partial charge on any atom is -0.453 e. The molecule has 0 bridgehead atoms. The van der Waals surface area contributed by atoms with Gasteiger partial charge in [0.25, 0.3) is 0 Å². The van der Waals surface area contributed by atoms with E-state index in [1.54, 1.807) is 6.29 Å². The molecule has 0 aromatic rings. The molecule has 0 rings (SSSR count). The SMILES string of the molecule is COC(=O)N[C@H]([C]=O)CC(C)C. The number of nitrogens with one attached hydrogen (secondary N) is 1. The summed E-state index contributed by atoms with van der Waals surface area (Å²) < 4.78 is 4.34. The molecule has 0 heterocycles. The lowest BCUT2D eigenvalue weighted by molar-refractivity contribution is 0.168. The molecular weight excluding hydrogens is 158 g/mol. The number of ether oxygens (including phenoxy) is 1. The van der Waals surface area contributed by atoms with E-state index in [0.717, 1.165) is 0 Å². The molecule has 1 radical (unpaired) electrons. The molecule has 1 amide bonds. The molecule has 1 atom stereocenters. The molecule has 0 aliphatic rings. The molecule has 0 spiro atoms. The van der Waals surface area contributed by atoms with Crippen molar-refractivity contribution in [2.24, 2.45) is 5.92 Å². The highest BCUT2D eigenvalue weighted by molar-refractivity contribution is 5.73. The van der Waals surface area contributed by atoms with Crippen molar-refractivity contribution in [3.63, 3.8) is 0 Å². The van der Waals surface area contributed by atoms with E-state index in [2.05, 4.69) is 10.1 Å². The van der Waals surface area contributed by atoms with Gasteiger partial charge in [0.15, 0.2) is 0 Å². The molecule has 0 aromatic heterocycles. The number of hydrogen-bond acceptors (Lipinski definition) is 3. The summed E-state index contributed by atoms with van der Waals surface area (Å²) in [7, 11) is 1.26. The van der Waals surface area contributed by atoms with Crippen LogP contribution in [0.5, 0.6) is 0 Å². The summed E-state index contributed by atoms with van der Waals surface area (Å²) >= 11 is 0. The van der Waals surface area contributed by atoms with Crippen molar-refractivity contribution in [2.75, 3.05) is 7.11 Å². The fraction of sp³-hybridized carbons (Fsp3) is 0.750. The number of methoxy groups -OCH3 is 1. The molecule has 0 aliphatic heterocycles. The lowest BCUT2D eigenvalue weighted by Gasteiger charge is -2.12. The number of amides is 1. The Labute approximate surface area is 72.3 Å². The Morgan fingerprint density at radius 2 is 2.17 bits per heavy atom. The molecule has 0 saturated carbocycles. The van der Waals surface area contributed by atoms with Crippen LogP contribution in [0.25, 0.3) is 0 Å². The van der Waals surface area contributed by atoms with Crippen LogP contribution in [0.4, 0.5) is 4.79 Å². The zero-order valence-electron chi connectivity index (χ0n) is 7.59. The van der Waals surface area contributed by atoms with Gasteiger partial charge in [0.2, 0.25) is 6.29 Å². The number of hydrogen-bond donors (Lipinski definition) is 1. The maximum Gasteiger partial charge on any atom is 0.407 e. The van der Waals surface area contributed by atoms with Crippen LogP contribution in [0.2, 0.25) is 0 Å². The molecule has 0 aliphatic carbocycles. The first-order chi connectivity index (χ1) is 5.60. The lowest BCUT2D eigenvalue weighted by Crippen LogP contribution is -2.36. The summed E-state index contributed by atoms with van der Waals surface area (Å²) in [6.45, 7) is 3.92. The van der Waals surface area contributed by atoms with E-state index in [0.29, 0.717) is 12.3 Å². The Morgan fingerprint density at radius 3 is 2.50 bits per heavy atom. The van der Waals surface area contributed by atoms with E-state index >= 15 is 0 Å². The van der Waals surface area contributed by atoms with Crippen molar-refractivity contribution in [2.45, 2.75) is 26.3 Å². The smallest absolute Gasteiger partial charge is 0.407 e. The largest absolute Gasteiger partial charge is 0.453 e. The molecule has 69 valence electrons. The molecule has 4 heteroatoms. The Morgan fingerprint density at radius 1 is 1.58 bits per heavy atom. The Balaban J connectivity index is 3.82. The summed E-state index contributed by atoms with van der Waals surface area (Å²) in [6.07, 6.45) is 1.73. The van der Waals surface area contributed by atoms with Crippen LogP contribution in [0, 0.1) is 5.92 Å². The number of alkyl carbamates (subject to hydrolysis) is 1. The quantitative estimate of drug-likeness (QED) is 0.684. The molecule has 0 aromatic carbocycles. The summed E-state index contributed by atoms with van der Waals surface area (Å²) in [5, 5.41) is 2.36. The number of rotatable bonds is 4. The zero-order valence-corrected chi connectivity index (χ0v) is 7.59. The Hall–Kier alpha value is -1.06. The highest BCUT2D eigenvalue weighted by Gasteiger charge is 2.13. The number of carbonyl (C=O) groups is 1. The van der Waals surface area contributed by atoms with Crippen molar-refractivity contribution in [3.8, 4) is 0 Å². The van der Waals surface area contributed by atoms with Gasteiger partial charge < -0.3 is 10.1 Å². The standard InChI is InChI=1S/C8H14NO3/c1-6(2)4-7(5-10)9-8(11)12-3/h6-7H,4H2,1-3H3,(H,9,11)/t7-/m0/s1. The van der Waals surface area contributed by atoms with Gasteiger partial charge in [-0.3, -0.25) is 4.79 Å². The van der Waals surface area contributed by atoms with Gasteiger partial charge in [-0.05, 0) is 12.3 Å². The van der Waals surface area contributed by atoms with Gasteiger partial charge in [-0.25, -0.2) is 4.79 Å². The molecule has 0 saturated heterocycles. The minimum atomic E-state index is -0.594. The summed E-state index contributed by atoms with van der Waals surface area (Å²) in [5.74, 6) is 0.341. The third-order valence-corrected chi connectivity index (χ3v) is 1.33. The molecular formula is C8H14NO3. The second kappa shape index (κ2) is 5.57.